The summed E-state index contributed by atoms with van der Waals surface area (Å²) in [6.45, 7) is 12.1. The molecule has 32 heavy (non-hydrogen) atoms. The van der Waals surface area contributed by atoms with Crippen LogP contribution in [0.2, 0.25) is 0 Å². The largest absolute Gasteiger partial charge is 0.507 e. The zero-order valence-electron chi connectivity index (χ0n) is 19.6. The summed E-state index contributed by atoms with van der Waals surface area (Å²) >= 11 is 0. The molecule has 0 amide bonds. The van der Waals surface area contributed by atoms with Gasteiger partial charge in [0.2, 0.25) is 6.79 Å². The molecule has 6 nitrogen and oxygen atoms in total. The van der Waals surface area contributed by atoms with Crippen LogP contribution in [0.3, 0.4) is 0 Å². The SMILES string of the molecule is C=C(C)c1ccc(C)cc1-c1c(O)cc(CCCCC)cc1OP(C)(=O)OCOC(C)=O. The molecule has 0 spiro atoms. The second-order valence-electron chi connectivity index (χ2n) is 8.02. The Bertz CT molecular complexity index is 1030. The number of rotatable bonds is 11. The first-order valence-electron chi connectivity index (χ1n) is 10.7. The molecule has 0 heterocycles. The van der Waals surface area contributed by atoms with Crippen molar-refractivity contribution in [3.8, 4) is 22.6 Å². The molecule has 2 rings (SSSR count). The van der Waals surface area contributed by atoms with Gasteiger partial charge in [0.15, 0.2) is 0 Å². The molecule has 0 aliphatic carbocycles. The molecule has 2 aromatic carbocycles. The number of aromatic hydroxyl groups is 1. The monoisotopic (exact) mass is 460 g/mol. The summed E-state index contributed by atoms with van der Waals surface area (Å²) in [6, 6.07) is 9.36. The van der Waals surface area contributed by atoms with Crippen molar-refractivity contribution in [2.24, 2.45) is 0 Å². The van der Waals surface area contributed by atoms with Crippen LogP contribution in [-0.4, -0.2) is 24.5 Å². The minimum atomic E-state index is -3.65. The van der Waals surface area contributed by atoms with Crippen molar-refractivity contribution in [3.63, 3.8) is 0 Å². The Hall–Kier alpha value is -2.56. The maximum absolute atomic E-state index is 13.0. The summed E-state index contributed by atoms with van der Waals surface area (Å²) in [7, 11) is -3.65. The number of hydrogen-bond acceptors (Lipinski definition) is 6. The number of phenols is 1. The summed E-state index contributed by atoms with van der Waals surface area (Å²) in [4.78, 5) is 11.0. The third-order valence-corrected chi connectivity index (χ3v) is 6.03. The number of aryl methyl sites for hydroxylation is 2. The van der Waals surface area contributed by atoms with E-state index in [9.17, 15) is 14.5 Å². The van der Waals surface area contributed by atoms with Crippen LogP contribution in [0, 0.1) is 6.92 Å². The molecule has 2 aromatic rings. The fraction of sp³-hybridized carbons (Fsp3) is 0.400. The number of carbonyl (C=O) groups excluding carboxylic acids is 1. The van der Waals surface area contributed by atoms with Gasteiger partial charge in [0, 0.05) is 6.92 Å². The van der Waals surface area contributed by atoms with E-state index in [0.717, 1.165) is 53.5 Å². The van der Waals surface area contributed by atoms with Crippen molar-refractivity contribution in [2.75, 3.05) is 13.5 Å². The summed E-state index contributed by atoms with van der Waals surface area (Å²) in [5, 5.41) is 11.0. The van der Waals surface area contributed by atoms with Crippen molar-refractivity contribution in [3.05, 3.63) is 53.6 Å². The molecule has 0 saturated carbocycles. The van der Waals surface area contributed by atoms with E-state index in [-0.39, 0.29) is 11.5 Å². The normalized spacial score (nSPS) is 12.8. The van der Waals surface area contributed by atoms with Gasteiger partial charge in [-0.1, -0.05) is 55.7 Å². The maximum atomic E-state index is 13.0. The van der Waals surface area contributed by atoms with Gasteiger partial charge in [0.1, 0.15) is 11.5 Å². The van der Waals surface area contributed by atoms with Crippen molar-refractivity contribution in [1.29, 1.82) is 0 Å². The molecule has 1 unspecified atom stereocenters. The van der Waals surface area contributed by atoms with Crippen LogP contribution in [0.1, 0.15) is 56.7 Å². The number of ether oxygens (including phenoxy) is 1. The molecular weight excluding hydrogens is 427 g/mol. The molecule has 0 bridgehead atoms. The van der Waals surface area contributed by atoms with E-state index in [1.807, 2.05) is 32.0 Å². The fourth-order valence-corrected chi connectivity index (χ4v) is 4.17. The first kappa shape index (κ1) is 25.7. The van der Waals surface area contributed by atoms with E-state index in [4.69, 9.17) is 13.8 Å². The molecule has 0 aliphatic heterocycles. The molecule has 0 saturated heterocycles. The smallest absolute Gasteiger partial charge is 0.379 e. The molecule has 0 aliphatic rings. The molecular formula is C25H33O6P. The van der Waals surface area contributed by atoms with Crippen molar-refractivity contribution < 1.29 is 28.3 Å². The number of unbranched alkanes of at least 4 members (excludes halogenated alkanes) is 2. The second kappa shape index (κ2) is 11.3. The van der Waals surface area contributed by atoms with Crippen molar-refractivity contribution in [2.45, 2.75) is 53.4 Å². The van der Waals surface area contributed by atoms with Crippen LogP contribution in [0.5, 0.6) is 11.5 Å². The van der Waals surface area contributed by atoms with Crippen molar-refractivity contribution >= 4 is 19.1 Å². The van der Waals surface area contributed by atoms with Gasteiger partial charge in [0.05, 0.1) is 12.2 Å². The predicted molar refractivity (Wildman–Crippen MR) is 128 cm³/mol. The van der Waals surface area contributed by atoms with Gasteiger partial charge in [-0.3, -0.25) is 9.32 Å². The standard InChI is InChI=1S/C25H33O6P/c1-7-8-9-10-20-14-23(27)25(22-13-18(4)11-12-21(22)17(2)3)24(15-20)31-32(6,28)30-16-29-19(5)26/h11-15,27H,2,7-10,16H2,1,3-6H3. The summed E-state index contributed by atoms with van der Waals surface area (Å²) in [6.07, 6.45) is 3.85. The highest BCUT2D eigenvalue weighted by molar-refractivity contribution is 7.53. The van der Waals surface area contributed by atoms with Gasteiger partial charge in [-0.2, -0.15) is 0 Å². The number of esters is 1. The quantitative estimate of drug-likeness (QED) is 0.170. The zero-order chi connectivity index (χ0) is 23.9. The topological polar surface area (TPSA) is 82.1 Å². The molecule has 0 aromatic heterocycles. The van der Waals surface area contributed by atoms with Gasteiger partial charge in [-0.25, -0.2) is 4.57 Å². The Labute approximate surface area is 190 Å². The Balaban J connectivity index is 2.56. The number of carbonyl (C=O) groups is 1. The Morgan fingerprint density at radius 2 is 1.88 bits per heavy atom. The number of benzene rings is 2. The van der Waals surface area contributed by atoms with Gasteiger partial charge in [-0.05, 0) is 55.5 Å². The lowest BCUT2D eigenvalue weighted by Crippen LogP contribution is -2.06. The Morgan fingerprint density at radius 1 is 1.16 bits per heavy atom. The summed E-state index contributed by atoms with van der Waals surface area (Å²) in [5.41, 5.74) is 4.69. The van der Waals surface area contributed by atoms with Gasteiger partial charge >= 0.3 is 13.6 Å². The van der Waals surface area contributed by atoms with Gasteiger partial charge in [0.25, 0.3) is 0 Å². The zero-order valence-corrected chi connectivity index (χ0v) is 20.5. The van der Waals surface area contributed by atoms with E-state index >= 15 is 0 Å². The molecule has 174 valence electrons. The lowest BCUT2D eigenvalue weighted by atomic mass is 9.91. The molecule has 7 heteroatoms. The van der Waals surface area contributed by atoms with Gasteiger partial charge in [-0.15, -0.1) is 0 Å². The first-order valence-corrected chi connectivity index (χ1v) is 12.7. The molecule has 0 radical (unpaired) electrons. The van der Waals surface area contributed by atoms with E-state index < -0.39 is 20.4 Å². The average molecular weight is 461 g/mol. The van der Waals surface area contributed by atoms with Crippen molar-refractivity contribution in [1.82, 2.24) is 0 Å². The molecule has 1 N–H and O–H groups in total. The minimum Gasteiger partial charge on any atom is -0.507 e. The highest BCUT2D eigenvalue weighted by Crippen LogP contribution is 2.50. The summed E-state index contributed by atoms with van der Waals surface area (Å²) in [5.74, 6) is -0.271. The van der Waals surface area contributed by atoms with Crippen LogP contribution in [0.25, 0.3) is 16.7 Å². The van der Waals surface area contributed by atoms with E-state index in [1.165, 1.54) is 13.6 Å². The lowest BCUT2D eigenvalue weighted by molar-refractivity contribution is -0.147. The minimum absolute atomic E-state index is 0.0297. The van der Waals surface area contributed by atoms with Gasteiger partial charge < -0.3 is 14.4 Å². The molecule has 1 atom stereocenters. The van der Waals surface area contributed by atoms with Crippen LogP contribution in [-0.2, 0) is 25.0 Å². The predicted octanol–water partition coefficient (Wildman–Crippen LogP) is 6.87. The highest BCUT2D eigenvalue weighted by atomic mass is 31.2. The average Bonchev–Trinajstić information content (AvgIpc) is 2.67. The van der Waals surface area contributed by atoms with Crippen LogP contribution in [0.15, 0.2) is 36.9 Å². The van der Waals surface area contributed by atoms with E-state index in [1.54, 1.807) is 12.1 Å². The third kappa shape index (κ3) is 7.25. The summed E-state index contributed by atoms with van der Waals surface area (Å²) < 4.78 is 28.7. The van der Waals surface area contributed by atoms with E-state index in [0.29, 0.717) is 5.56 Å². The Kier molecular flexibility index (Phi) is 9.11. The molecule has 0 fully saturated rings. The number of allylic oxidation sites excluding steroid dienone is 1. The van der Waals surface area contributed by atoms with E-state index in [2.05, 4.69) is 13.5 Å². The Morgan fingerprint density at radius 3 is 2.50 bits per heavy atom. The maximum Gasteiger partial charge on any atom is 0.379 e. The first-order chi connectivity index (χ1) is 15.0. The fourth-order valence-electron chi connectivity index (χ4n) is 3.37. The van der Waals surface area contributed by atoms with Crippen LogP contribution < -0.4 is 4.52 Å². The second-order valence-corrected chi connectivity index (χ2v) is 10.0. The number of hydrogen-bond donors (Lipinski definition) is 1. The van der Waals surface area contributed by atoms with Crippen LogP contribution >= 0.6 is 7.60 Å². The highest BCUT2D eigenvalue weighted by Gasteiger charge is 2.25. The lowest BCUT2D eigenvalue weighted by Gasteiger charge is -2.21. The van der Waals surface area contributed by atoms with Crippen LogP contribution in [0.4, 0.5) is 0 Å². The third-order valence-electron chi connectivity index (χ3n) is 4.93. The number of phenolic OH excluding ortho intramolecular Hbond substituents is 1.